The fourth-order valence-electron chi connectivity index (χ4n) is 2.21. The van der Waals surface area contributed by atoms with Crippen LogP contribution in [-0.4, -0.2) is 24.1 Å². The molecule has 0 bridgehead atoms. The van der Waals surface area contributed by atoms with Gasteiger partial charge in [-0.25, -0.2) is 4.98 Å². The van der Waals surface area contributed by atoms with Crippen LogP contribution in [0.15, 0.2) is 18.2 Å². The summed E-state index contributed by atoms with van der Waals surface area (Å²) in [5.41, 5.74) is 0. The van der Waals surface area contributed by atoms with E-state index in [2.05, 4.69) is 41.2 Å². The zero-order valence-electron chi connectivity index (χ0n) is 10.2. The molecule has 16 heavy (non-hydrogen) atoms. The van der Waals surface area contributed by atoms with Gasteiger partial charge in [0, 0.05) is 19.1 Å². The van der Waals surface area contributed by atoms with E-state index >= 15 is 0 Å². The first-order valence-electron chi connectivity index (χ1n) is 6.29. The molecule has 0 amide bonds. The van der Waals surface area contributed by atoms with Crippen molar-refractivity contribution in [1.82, 2.24) is 4.98 Å². The molecule has 1 aliphatic rings. The first-order valence-corrected chi connectivity index (χ1v) is 6.29. The first-order chi connectivity index (χ1) is 7.81. The highest BCUT2D eigenvalue weighted by atomic mass is 15.2. The third-order valence-corrected chi connectivity index (χ3v) is 3.14. The maximum Gasteiger partial charge on any atom is 0.131 e. The zero-order chi connectivity index (χ0) is 11.4. The van der Waals surface area contributed by atoms with Crippen LogP contribution in [0, 0.1) is 0 Å². The average Bonchev–Trinajstić information content (AvgIpc) is 2.73. The SMILES string of the molecule is CCCNc1cccc(N2CCCC2C)n1. The molecule has 3 heteroatoms. The van der Waals surface area contributed by atoms with Crippen molar-refractivity contribution in [2.24, 2.45) is 0 Å². The molecule has 1 aromatic heterocycles. The highest BCUT2D eigenvalue weighted by Crippen LogP contribution is 2.24. The Morgan fingerprint density at radius 3 is 3.06 bits per heavy atom. The van der Waals surface area contributed by atoms with E-state index in [4.69, 9.17) is 0 Å². The molecule has 1 saturated heterocycles. The van der Waals surface area contributed by atoms with Gasteiger partial charge in [0.15, 0.2) is 0 Å². The van der Waals surface area contributed by atoms with Gasteiger partial charge in [-0.2, -0.15) is 0 Å². The highest BCUT2D eigenvalue weighted by molar-refractivity contribution is 5.48. The van der Waals surface area contributed by atoms with Crippen molar-refractivity contribution in [3.05, 3.63) is 18.2 Å². The van der Waals surface area contributed by atoms with Crippen molar-refractivity contribution in [3.8, 4) is 0 Å². The molecule has 1 aromatic rings. The Balaban J connectivity index is 2.09. The number of hydrogen-bond acceptors (Lipinski definition) is 3. The van der Waals surface area contributed by atoms with Crippen molar-refractivity contribution in [1.29, 1.82) is 0 Å². The molecule has 2 rings (SSSR count). The van der Waals surface area contributed by atoms with E-state index in [1.165, 1.54) is 12.8 Å². The van der Waals surface area contributed by atoms with Gasteiger partial charge in [0.2, 0.25) is 0 Å². The Hall–Kier alpha value is -1.25. The minimum absolute atomic E-state index is 0.633. The molecule has 2 heterocycles. The fourth-order valence-corrected chi connectivity index (χ4v) is 2.21. The molecule has 0 radical (unpaired) electrons. The number of anilines is 2. The molecule has 0 spiro atoms. The van der Waals surface area contributed by atoms with Gasteiger partial charge in [-0.15, -0.1) is 0 Å². The van der Waals surface area contributed by atoms with E-state index in [1.807, 2.05) is 6.07 Å². The molecular formula is C13H21N3. The lowest BCUT2D eigenvalue weighted by Crippen LogP contribution is -2.27. The number of aromatic nitrogens is 1. The second-order valence-electron chi connectivity index (χ2n) is 4.49. The van der Waals surface area contributed by atoms with Gasteiger partial charge in [-0.05, 0) is 38.3 Å². The topological polar surface area (TPSA) is 28.2 Å². The Bertz CT molecular complexity index is 338. The van der Waals surface area contributed by atoms with Crippen LogP contribution in [0.3, 0.4) is 0 Å². The molecule has 88 valence electrons. The summed E-state index contributed by atoms with van der Waals surface area (Å²) < 4.78 is 0. The van der Waals surface area contributed by atoms with Gasteiger partial charge in [-0.3, -0.25) is 0 Å². The molecule has 0 aromatic carbocycles. The predicted octanol–water partition coefficient (Wildman–Crippen LogP) is 2.89. The standard InChI is InChI=1S/C13H21N3/c1-3-9-14-12-7-4-8-13(15-12)16-10-5-6-11(16)2/h4,7-8,11H,3,5-6,9-10H2,1-2H3,(H,14,15). The van der Waals surface area contributed by atoms with Crippen LogP contribution in [0.1, 0.15) is 33.1 Å². The minimum atomic E-state index is 0.633. The third-order valence-electron chi connectivity index (χ3n) is 3.14. The van der Waals surface area contributed by atoms with Crippen LogP contribution in [0.2, 0.25) is 0 Å². The monoisotopic (exact) mass is 219 g/mol. The molecular weight excluding hydrogens is 198 g/mol. The number of nitrogens with zero attached hydrogens (tertiary/aromatic N) is 2. The van der Waals surface area contributed by atoms with E-state index in [9.17, 15) is 0 Å². The molecule has 1 fully saturated rings. The molecule has 1 N–H and O–H groups in total. The van der Waals surface area contributed by atoms with Crippen molar-refractivity contribution < 1.29 is 0 Å². The van der Waals surface area contributed by atoms with Crippen molar-refractivity contribution in [3.63, 3.8) is 0 Å². The van der Waals surface area contributed by atoms with Gasteiger partial charge in [0.25, 0.3) is 0 Å². The number of rotatable bonds is 4. The lowest BCUT2D eigenvalue weighted by molar-refractivity contribution is 0.727. The smallest absolute Gasteiger partial charge is 0.131 e. The Morgan fingerprint density at radius 2 is 2.38 bits per heavy atom. The molecule has 3 nitrogen and oxygen atoms in total. The Labute approximate surface area is 97.9 Å². The maximum absolute atomic E-state index is 4.66. The average molecular weight is 219 g/mol. The maximum atomic E-state index is 4.66. The largest absolute Gasteiger partial charge is 0.370 e. The molecule has 0 saturated carbocycles. The van der Waals surface area contributed by atoms with Crippen LogP contribution in [-0.2, 0) is 0 Å². The predicted molar refractivity (Wildman–Crippen MR) is 69.1 cm³/mol. The summed E-state index contributed by atoms with van der Waals surface area (Å²) in [7, 11) is 0. The molecule has 1 unspecified atom stereocenters. The summed E-state index contributed by atoms with van der Waals surface area (Å²) in [4.78, 5) is 7.06. The van der Waals surface area contributed by atoms with E-state index in [0.29, 0.717) is 6.04 Å². The van der Waals surface area contributed by atoms with Gasteiger partial charge in [0.1, 0.15) is 11.6 Å². The lowest BCUT2D eigenvalue weighted by Gasteiger charge is -2.23. The summed E-state index contributed by atoms with van der Waals surface area (Å²) in [6.45, 7) is 6.58. The number of hydrogen-bond donors (Lipinski definition) is 1. The second-order valence-corrected chi connectivity index (χ2v) is 4.49. The highest BCUT2D eigenvalue weighted by Gasteiger charge is 2.21. The number of pyridine rings is 1. The summed E-state index contributed by atoms with van der Waals surface area (Å²) in [5, 5.41) is 3.34. The summed E-state index contributed by atoms with van der Waals surface area (Å²) in [5.74, 6) is 2.12. The van der Waals surface area contributed by atoms with Crippen LogP contribution in [0.4, 0.5) is 11.6 Å². The van der Waals surface area contributed by atoms with Gasteiger partial charge >= 0.3 is 0 Å². The minimum Gasteiger partial charge on any atom is -0.370 e. The molecule has 0 aliphatic carbocycles. The van der Waals surface area contributed by atoms with Crippen molar-refractivity contribution in [2.75, 3.05) is 23.3 Å². The second kappa shape index (κ2) is 5.19. The normalized spacial score (nSPS) is 20.1. The van der Waals surface area contributed by atoms with E-state index < -0.39 is 0 Å². The number of nitrogens with one attached hydrogen (secondary N) is 1. The third kappa shape index (κ3) is 2.46. The van der Waals surface area contributed by atoms with E-state index in [0.717, 1.165) is 31.1 Å². The van der Waals surface area contributed by atoms with Gasteiger partial charge in [0.05, 0.1) is 0 Å². The Kier molecular flexibility index (Phi) is 3.65. The summed E-state index contributed by atoms with van der Waals surface area (Å²) in [6.07, 6.45) is 3.70. The van der Waals surface area contributed by atoms with Crippen molar-refractivity contribution >= 4 is 11.6 Å². The molecule has 1 aliphatic heterocycles. The van der Waals surface area contributed by atoms with E-state index in [-0.39, 0.29) is 0 Å². The van der Waals surface area contributed by atoms with Crippen LogP contribution in [0.25, 0.3) is 0 Å². The Morgan fingerprint density at radius 1 is 1.50 bits per heavy atom. The first kappa shape index (κ1) is 11.2. The lowest BCUT2D eigenvalue weighted by atomic mass is 10.2. The van der Waals surface area contributed by atoms with Crippen LogP contribution in [0.5, 0.6) is 0 Å². The van der Waals surface area contributed by atoms with Crippen molar-refractivity contribution in [2.45, 2.75) is 39.2 Å². The van der Waals surface area contributed by atoms with E-state index in [1.54, 1.807) is 0 Å². The van der Waals surface area contributed by atoms with Gasteiger partial charge in [-0.1, -0.05) is 13.0 Å². The molecule has 1 atom stereocenters. The van der Waals surface area contributed by atoms with Gasteiger partial charge < -0.3 is 10.2 Å². The van der Waals surface area contributed by atoms with Crippen LogP contribution >= 0.6 is 0 Å². The summed E-state index contributed by atoms with van der Waals surface area (Å²) >= 11 is 0. The zero-order valence-corrected chi connectivity index (χ0v) is 10.2. The fraction of sp³-hybridized carbons (Fsp3) is 0.615. The van der Waals surface area contributed by atoms with Crippen LogP contribution < -0.4 is 10.2 Å². The summed E-state index contributed by atoms with van der Waals surface area (Å²) in [6, 6.07) is 6.87. The quantitative estimate of drug-likeness (QED) is 0.844.